The number of methoxy groups -OCH3 is 1. The molecule has 1 amide bonds. The molecule has 122 valence electrons. The topological polar surface area (TPSA) is 84.9 Å². The molecule has 2 N–H and O–H groups in total. The van der Waals surface area contributed by atoms with E-state index in [0.717, 1.165) is 12.8 Å². The molecule has 0 bridgehead atoms. The maximum absolute atomic E-state index is 12.0. The number of carboxylic acids is 1. The van der Waals surface area contributed by atoms with Crippen LogP contribution in [0.1, 0.15) is 37.0 Å². The highest BCUT2D eigenvalue weighted by Crippen LogP contribution is 2.36. The predicted molar refractivity (Wildman–Crippen MR) is 83.0 cm³/mol. The second kappa shape index (κ2) is 8.48. The van der Waals surface area contributed by atoms with Crippen molar-refractivity contribution in [1.82, 2.24) is 5.32 Å². The Bertz CT molecular complexity index is 547. The summed E-state index contributed by atoms with van der Waals surface area (Å²) in [5.74, 6) is -0.960. The number of carbonyl (C=O) groups excluding carboxylic acids is 1. The molecule has 1 aromatic rings. The van der Waals surface area contributed by atoms with Crippen molar-refractivity contribution in [2.24, 2.45) is 0 Å². The number of unbranched alkanes of at least 4 members (excludes halogenated alkanes) is 1. The Morgan fingerprint density at radius 2 is 2.09 bits per heavy atom. The molecule has 1 unspecified atom stereocenters. The number of aliphatic carboxylic acids is 1. The van der Waals surface area contributed by atoms with Crippen LogP contribution in [0.5, 0.6) is 11.5 Å². The van der Waals surface area contributed by atoms with Crippen LogP contribution in [0.15, 0.2) is 12.1 Å². The summed E-state index contributed by atoms with van der Waals surface area (Å²) in [6.07, 6.45) is 1.85. The van der Waals surface area contributed by atoms with Crippen molar-refractivity contribution in [3.05, 3.63) is 22.7 Å². The van der Waals surface area contributed by atoms with E-state index in [1.165, 1.54) is 26.2 Å². The van der Waals surface area contributed by atoms with Crippen molar-refractivity contribution in [3.8, 4) is 11.5 Å². The first kappa shape index (κ1) is 18.1. The fourth-order valence-electron chi connectivity index (χ4n) is 1.65. The van der Waals surface area contributed by atoms with Gasteiger partial charge in [0, 0.05) is 5.56 Å². The molecule has 1 aromatic carbocycles. The van der Waals surface area contributed by atoms with Gasteiger partial charge in [-0.3, -0.25) is 9.59 Å². The highest BCUT2D eigenvalue weighted by Gasteiger charge is 2.19. The van der Waals surface area contributed by atoms with Gasteiger partial charge in [-0.05, 0) is 25.5 Å². The Balaban J connectivity index is 2.97. The van der Waals surface area contributed by atoms with E-state index >= 15 is 0 Å². The molecular formula is C15H20ClNO5. The number of halogens is 1. The summed E-state index contributed by atoms with van der Waals surface area (Å²) in [5, 5.41) is 11.4. The lowest BCUT2D eigenvalue weighted by molar-refractivity contribution is -0.138. The third-order valence-electron chi connectivity index (χ3n) is 2.95. The van der Waals surface area contributed by atoms with Gasteiger partial charge in [0.15, 0.2) is 11.5 Å². The quantitative estimate of drug-likeness (QED) is 0.716. The molecule has 0 aliphatic rings. The van der Waals surface area contributed by atoms with Gasteiger partial charge in [0.25, 0.3) is 5.91 Å². The van der Waals surface area contributed by atoms with E-state index in [9.17, 15) is 9.59 Å². The Hall–Kier alpha value is -1.95. The highest BCUT2D eigenvalue weighted by molar-refractivity contribution is 6.32. The van der Waals surface area contributed by atoms with Crippen LogP contribution in [-0.2, 0) is 4.79 Å². The van der Waals surface area contributed by atoms with Crippen LogP contribution >= 0.6 is 11.6 Å². The van der Waals surface area contributed by atoms with E-state index < -0.39 is 17.9 Å². The lowest BCUT2D eigenvalue weighted by Crippen LogP contribution is -2.38. The van der Waals surface area contributed by atoms with Gasteiger partial charge in [0.2, 0.25) is 0 Å². The van der Waals surface area contributed by atoms with E-state index in [-0.39, 0.29) is 10.6 Å². The molecule has 0 radical (unpaired) electrons. The van der Waals surface area contributed by atoms with Crippen LogP contribution < -0.4 is 14.8 Å². The molecule has 0 saturated carbocycles. The molecule has 0 fully saturated rings. The molecule has 0 aromatic heterocycles. The summed E-state index contributed by atoms with van der Waals surface area (Å²) in [6.45, 7) is 3.91. The first-order chi connectivity index (χ1) is 10.4. The molecule has 0 spiro atoms. The van der Waals surface area contributed by atoms with Crippen molar-refractivity contribution in [3.63, 3.8) is 0 Å². The van der Waals surface area contributed by atoms with Crippen LogP contribution in [0.25, 0.3) is 0 Å². The van der Waals surface area contributed by atoms with Gasteiger partial charge >= 0.3 is 5.97 Å². The Morgan fingerprint density at radius 1 is 1.41 bits per heavy atom. The van der Waals surface area contributed by atoms with Gasteiger partial charge in [-0.25, -0.2) is 0 Å². The molecule has 22 heavy (non-hydrogen) atoms. The van der Waals surface area contributed by atoms with E-state index in [2.05, 4.69) is 5.32 Å². The number of benzene rings is 1. The van der Waals surface area contributed by atoms with Gasteiger partial charge in [0.1, 0.15) is 6.04 Å². The van der Waals surface area contributed by atoms with Gasteiger partial charge < -0.3 is 19.9 Å². The van der Waals surface area contributed by atoms with Gasteiger partial charge in [0.05, 0.1) is 18.7 Å². The molecule has 0 aliphatic heterocycles. The Morgan fingerprint density at radius 3 is 2.64 bits per heavy atom. The lowest BCUT2D eigenvalue weighted by atomic mass is 10.1. The molecule has 6 nitrogen and oxygen atoms in total. The molecule has 0 aliphatic carbocycles. The average molecular weight is 330 g/mol. The summed E-state index contributed by atoms with van der Waals surface area (Å²) in [6, 6.07) is 1.89. The van der Waals surface area contributed by atoms with Crippen LogP contribution in [0.3, 0.4) is 0 Å². The van der Waals surface area contributed by atoms with Gasteiger partial charge in [-0.15, -0.1) is 0 Å². The third-order valence-corrected chi connectivity index (χ3v) is 3.23. The summed E-state index contributed by atoms with van der Waals surface area (Å²) >= 11 is 6.13. The smallest absolute Gasteiger partial charge is 0.325 e. The molecular weight excluding hydrogens is 310 g/mol. The van der Waals surface area contributed by atoms with E-state index in [4.69, 9.17) is 26.2 Å². The number of nitrogens with one attached hydrogen (secondary N) is 1. The number of carbonyl (C=O) groups is 2. The SMILES string of the molecule is CCCCOc1c(Cl)cc(C(=O)NC(C)C(=O)O)cc1OC. The number of amides is 1. The zero-order valence-electron chi connectivity index (χ0n) is 12.8. The van der Waals surface area contributed by atoms with Gasteiger partial charge in [-0.1, -0.05) is 24.9 Å². The standard InChI is InChI=1S/C15H20ClNO5/c1-4-5-6-22-13-11(16)7-10(8-12(13)21-3)14(18)17-9(2)15(19)20/h7-9H,4-6H2,1-3H3,(H,17,18)(H,19,20). The van der Waals surface area contributed by atoms with Crippen molar-refractivity contribution in [2.75, 3.05) is 13.7 Å². The minimum atomic E-state index is -1.12. The number of rotatable bonds is 8. The van der Waals surface area contributed by atoms with Crippen LogP contribution in [-0.4, -0.2) is 36.7 Å². The second-order valence-corrected chi connectivity index (χ2v) is 5.13. The van der Waals surface area contributed by atoms with Crippen molar-refractivity contribution >= 4 is 23.5 Å². The summed E-state index contributed by atoms with van der Waals surface area (Å²) < 4.78 is 10.8. The Labute approximate surface area is 134 Å². The minimum absolute atomic E-state index is 0.206. The molecule has 7 heteroatoms. The number of ether oxygens (including phenoxy) is 2. The number of hydrogen-bond acceptors (Lipinski definition) is 4. The largest absolute Gasteiger partial charge is 0.493 e. The van der Waals surface area contributed by atoms with Crippen molar-refractivity contribution < 1.29 is 24.2 Å². The molecule has 0 heterocycles. The monoisotopic (exact) mass is 329 g/mol. The second-order valence-electron chi connectivity index (χ2n) is 4.72. The molecule has 0 saturated heterocycles. The van der Waals surface area contributed by atoms with Crippen LogP contribution in [0, 0.1) is 0 Å². The van der Waals surface area contributed by atoms with E-state index in [1.807, 2.05) is 6.92 Å². The predicted octanol–water partition coefficient (Wildman–Crippen LogP) is 2.73. The van der Waals surface area contributed by atoms with E-state index in [0.29, 0.717) is 18.1 Å². The minimum Gasteiger partial charge on any atom is -0.493 e. The number of hydrogen-bond donors (Lipinski definition) is 2. The van der Waals surface area contributed by atoms with E-state index in [1.54, 1.807) is 0 Å². The maximum Gasteiger partial charge on any atom is 0.325 e. The fourth-order valence-corrected chi connectivity index (χ4v) is 1.92. The van der Waals surface area contributed by atoms with Crippen molar-refractivity contribution in [2.45, 2.75) is 32.7 Å². The average Bonchev–Trinajstić information content (AvgIpc) is 2.48. The summed E-state index contributed by atoms with van der Waals surface area (Å²) in [5.41, 5.74) is 0.206. The zero-order valence-corrected chi connectivity index (χ0v) is 13.6. The first-order valence-corrected chi connectivity index (χ1v) is 7.32. The first-order valence-electron chi connectivity index (χ1n) is 6.94. The maximum atomic E-state index is 12.0. The number of carboxylic acid groups (broad SMARTS) is 1. The third kappa shape index (κ3) is 4.80. The normalized spacial score (nSPS) is 11.6. The Kier molecular flexibility index (Phi) is 6.98. The lowest BCUT2D eigenvalue weighted by Gasteiger charge is -2.15. The van der Waals surface area contributed by atoms with Crippen LogP contribution in [0.2, 0.25) is 5.02 Å². The molecule has 1 atom stereocenters. The summed E-state index contributed by atoms with van der Waals surface area (Å²) in [4.78, 5) is 22.8. The zero-order chi connectivity index (χ0) is 16.7. The highest BCUT2D eigenvalue weighted by atomic mass is 35.5. The molecule has 1 rings (SSSR count). The van der Waals surface area contributed by atoms with Gasteiger partial charge in [-0.2, -0.15) is 0 Å². The van der Waals surface area contributed by atoms with Crippen molar-refractivity contribution in [1.29, 1.82) is 0 Å². The van der Waals surface area contributed by atoms with Crippen LogP contribution in [0.4, 0.5) is 0 Å². The summed E-state index contributed by atoms with van der Waals surface area (Å²) in [7, 11) is 1.44. The fraction of sp³-hybridized carbons (Fsp3) is 0.467.